The number of para-hydroxylation sites is 1. The molecule has 2 aromatic rings. The van der Waals surface area contributed by atoms with Gasteiger partial charge >= 0.3 is 0 Å². The number of amides is 2. The molecule has 2 amide bonds. The van der Waals surface area contributed by atoms with Gasteiger partial charge in [-0.25, -0.2) is 4.99 Å². The second kappa shape index (κ2) is 9.74. The predicted octanol–water partition coefficient (Wildman–Crippen LogP) is 5.06. The Hall–Kier alpha value is -2.60. The third kappa shape index (κ3) is 5.48. The number of amidine groups is 1. The summed E-state index contributed by atoms with van der Waals surface area (Å²) in [6, 6.07) is 15.5. The van der Waals surface area contributed by atoms with Gasteiger partial charge in [0.1, 0.15) is 5.25 Å². The van der Waals surface area contributed by atoms with E-state index in [-0.39, 0.29) is 18.2 Å². The van der Waals surface area contributed by atoms with E-state index in [1.54, 1.807) is 4.90 Å². The van der Waals surface area contributed by atoms with Gasteiger partial charge in [0.05, 0.1) is 5.69 Å². The number of hydrogen-bond acceptors (Lipinski definition) is 4. The van der Waals surface area contributed by atoms with Crippen molar-refractivity contribution in [3.8, 4) is 0 Å². The summed E-state index contributed by atoms with van der Waals surface area (Å²) in [4.78, 5) is 32.0. The SMILES string of the molecule is CCCCN1C(=O)[C@@H](CC(=O)Nc2ccccc2C)SC1=Nc1cccc(C)c1. The van der Waals surface area contributed by atoms with Gasteiger partial charge in [-0.2, -0.15) is 0 Å². The Balaban J connectivity index is 1.75. The van der Waals surface area contributed by atoms with Crippen molar-refractivity contribution in [3.05, 3.63) is 59.7 Å². The molecule has 6 heteroatoms. The van der Waals surface area contributed by atoms with Crippen molar-refractivity contribution >= 4 is 40.1 Å². The molecule has 0 spiro atoms. The highest BCUT2D eigenvalue weighted by Crippen LogP contribution is 2.32. The van der Waals surface area contributed by atoms with Crippen LogP contribution in [0.5, 0.6) is 0 Å². The number of thioether (sulfide) groups is 1. The summed E-state index contributed by atoms with van der Waals surface area (Å²) in [7, 11) is 0. The highest BCUT2D eigenvalue weighted by molar-refractivity contribution is 8.15. The summed E-state index contributed by atoms with van der Waals surface area (Å²) in [6.45, 7) is 6.69. The largest absolute Gasteiger partial charge is 0.326 e. The molecule has 0 unspecified atom stereocenters. The highest BCUT2D eigenvalue weighted by atomic mass is 32.2. The van der Waals surface area contributed by atoms with E-state index in [9.17, 15) is 9.59 Å². The van der Waals surface area contributed by atoms with E-state index in [0.29, 0.717) is 11.7 Å². The molecule has 0 aromatic heterocycles. The van der Waals surface area contributed by atoms with E-state index in [0.717, 1.165) is 35.3 Å². The van der Waals surface area contributed by atoms with Crippen LogP contribution in [0.15, 0.2) is 53.5 Å². The standard InChI is InChI=1S/C23H27N3O2S/c1-4-5-13-26-22(28)20(15-21(27)25-19-12-7-6-10-17(19)3)29-23(26)24-18-11-8-9-16(2)14-18/h6-12,14,20H,4-5,13,15H2,1-3H3,(H,25,27)/t20-/m1/s1. The van der Waals surface area contributed by atoms with Crippen LogP contribution in [0.25, 0.3) is 0 Å². The number of benzene rings is 2. The molecular weight excluding hydrogens is 382 g/mol. The first-order chi connectivity index (χ1) is 14.0. The van der Waals surface area contributed by atoms with E-state index in [4.69, 9.17) is 4.99 Å². The zero-order valence-corrected chi connectivity index (χ0v) is 18.0. The molecule has 0 radical (unpaired) electrons. The zero-order chi connectivity index (χ0) is 20.8. The molecule has 1 N–H and O–H groups in total. The predicted molar refractivity (Wildman–Crippen MR) is 121 cm³/mol. The van der Waals surface area contributed by atoms with Crippen LogP contribution in [0, 0.1) is 13.8 Å². The molecule has 2 aromatic carbocycles. The fourth-order valence-corrected chi connectivity index (χ4v) is 4.32. The Morgan fingerprint density at radius 2 is 1.97 bits per heavy atom. The van der Waals surface area contributed by atoms with Gasteiger partial charge in [0, 0.05) is 18.7 Å². The number of rotatable bonds is 7. The number of carbonyl (C=O) groups excluding carboxylic acids is 2. The third-order valence-corrected chi connectivity index (χ3v) is 5.95. The molecule has 152 valence electrons. The van der Waals surface area contributed by atoms with Crippen LogP contribution in [0.1, 0.15) is 37.3 Å². The molecule has 0 bridgehead atoms. The minimum Gasteiger partial charge on any atom is -0.326 e. The Morgan fingerprint density at radius 1 is 1.17 bits per heavy atom. The Bertz CT molecular complexity index is 926. The number of carbonyl (C=O) groups is 2. The lowest BCUT2D eigenvalue weighted by Gasteiger charge is -2.16. The Morgan fingerprint density at radius 3 is 2.69 bits per heavy atom. The van der Waals surface area contributed by atoms with E-state index in [1.807, 2.05) is 62.4 Å². The summed E-state index contributed by atoms with van der Waals surface area (Å²) in [5.74, 6) is -0.188. The molecule has 29 heavy (non-hydrogen) atoms. The smallest absolute Gasteiger partial charge is 0.242 e. The van der Waals surface area contributed by atoms with E-state index in [2.05, 4.69) is 12.2 Å². The van der Waals surface area contributed by atoms with Gasteiger partial charge in [-0.15, -0.1) is 0 Å². The van der Waals surface area contributed by atoms with Gasteiger partial charge < -0.3 is 5.32 Å². The van der Waals surface area contributed by atoms with E-state index < -0.39 is 5.25 Å². The number of unbranched alkanes of at least 4 members (excludes halogenated alkanes) is 1. The van der Waals surface area contributed by atoms with Crippen LogP contribution in [0.2, 0.25) is 0 Å². The van der Waals surface area contributed by atoms with Gasteiger partial charge in [0.2, 0.25) is 11.8 Å². The van der Waals surface area contributed by atoms with E-state index in [1.165, 1.54) is 11.8 Å². The van der Waals surface area contributed by atoms with Crippen molar-refractivity contribution in [2.24, 2.45) is 4.99 Å². The van der Waals surface area contributed by atoms with Crippen molar-refractivity contribution in [2.75, 3.05) is 11.9 Å². The van der Waals surface area contributed by atoms with Gasteiger partial charge in [-0.1, -0.05) is 55.4 Å². The zero-order valence-electron chi connectivity index (χ0n) is 17.1. The lowest BCUT2D eigenvalue weighted by atomic mass is 10.2. The molecule has 1 atom stereocenters. The summed E-state index contributed by atoms with van der Waals surface area (Å²) in [6.07, 6.45) is 2.03. The second-order valence-corrected chi connectivity index (χ2v) is 8.42. The number of nitrogens with zero attached hydrogens (tertiary/aromatic N) is 2. The van der Waals surface area contributed by atoms with Crippen molar-refractivity contribution in [1.82, 2.24) is 4.90 Å². The van der Waals surface area contributed by atoms with E-state index >= 15 is 0 Å². The first-order valence-corrected chi connectivity index (χ1v) is 10.8. The summed E-state index contributed by atoms with van der Waals surface area (Å²) >= 11 is 1.39. The fraction of sp³-hybridized carbons (Fsp3) is 0.348. The quantitative estimate of drug-likeness (QED) is 0.695. The van der Waals surface area contributed by atoms with Crippen molar-refractivity contribution in [3.63, 3.8) is 0 Å². The Kier molecular flexibility index (Phi) is 7.09. The molecule has 0 aliphatic carbocycles. The normalized spacial score (nSPS) is 17.8. The average Bonchev–Trinajstić information content (AvgIpc) is 2.96. The van der Waals surface area contributed by atoms with Crippen molar-refractivity contribution < 1.29 is 9.59 Å². The lowest BCUT2D eigenvalue weighted by Crippen LogP contribution is -2.34. The fourth-order valence-electron chi connectivity index (χ4n) is 3.14. The number of aryl methyl sites for hydroxylation is 2. The van der Waals surface area contributed by atoms with Crippen LogP contribution < -0.4 is 5.32 Å². The van der Waals surface area contributed by atoms with Crippen LogP contribution in [0.4, 0.5) is 11.4 Å². The summed E-state index contributed by atoms with van der Waals surface area (Å²) in [5.41, 5.74) is 3.73. The maximum absolute atomic E-state index is 13.0. The highest BCUT2D eigenvalue weighted by Gasteiger charge is 2.38. The first kappa shape index (κ1) is 21.1. The number of hydrogen-bond donors (Lipinski definition) is 1. The van der Waals surface area contributed by atoms with Crippen LogP contribution in [-0.4, -0.2) is 33.7 Å². The maximum Gasteiger partial charge on any atom is 0.242 e. The van der Waals surface area contributed by atoms with Crippen molar-refractivity contribution in [2.45, 2.75) is 45.3 Å². The molecule has 0 saturated carbocycles. The van der Waals surface area contributed by atoms with Crippen LogP contribution in [0.3, 0.4) is 0 Å². The lowest BCUT2D eigenvalue weighted by molar-refractivity contribution is -0.128. The number of nitrogens with one attached hydrogen (secondary N) is 1. The summed E-state index contributed by atoms with van der Waals surface area (Å²) < 4.78 is 0. The molecular formula is C23H27N3O2S. The monoisotopic (exact) mass is 409 g/mol. The average molecular weight is 410 g/mol. The number of anilines is 1. The topological polar surface area (TPSA) is 61.8 Å². The number of aliphatic imine (C=N–C) groups is 1. The van der Waals surface area contributed by atoms with Gasteiger partial charge in [-0.05, 0) is 49.6 Å². The van der Waals surface area contributed by atoms with Crippen LogP contribution >= 0.6 is 11.8 Å². The molecule has 1 saturated heterocycles. The molecule has 1 aliphatic rings. The van der Waals surface area contributed by atoms with Gasteiger partial charge in [0.15, 0.2) is 5.17 Å². The maximum atomic E-state index is 13.0. The van der Waals surface area contributed by atoms with Gasteiger partial charge in [0.25, 0.3) is 0 Å². The van der Waals surface area contributed by atoms with Gasteiger partial charge in [-0.3, -0.25) is 14.5 Å². The molecule has 5 nitrogen and oxygen atoms in total. The molecule has 1 heterocycles. The second-order valence-electron chi connectivity index (χ2n) is 7.25. The minimum atomic E-state index is -0.445. The summed E-state index contributed by atoms with van der Waals surface area (Å²) in [5, 5.41) is 3.16. The third-order valence-electron chi connectivity index (χ3n) is 4.77. The minimum absolute atomic E-state index is 0.0326. The molecule has 3 rings (SSSR count). The first-order valence-electron chi connectivity index (χ1n) is 9.97. The molecule has 1 fully saturated rings. The molecule has 1 aliphatic heterocycles. The Labute approximate surface area is 176 Å². The van der Waals surface area contributed by atoms with Crippen LogP contribution in [-0.2, 0) is 9.59 Å². The van der Waals surface area contributed by atoms with Crippen molar-refractivity contribution in [1.29, 1.82) is 0 Å².